The number of rotatable bonds is 4. The zero-order chi connectivity index (χ0) is 14.7. The predicted octanol–water partition coefficient (Wildman–Crippen LogP) is 3.71. The van der Waals surface area contributed by atoms with Crippen LogP contribution in [-0.4, -0.2) is 16.5 Å². The average Bonchev–Trinajstić information content (AvgIpc) is 2.42. The lowest BCUT2D eigenvalue weighted by Gasteiger charge is -2.10. The van der Waals surface area contributed by atoms with Crippen molar-refractivity contribution in [3.05, 3.63) is 51.6 Å². The monoisotopic (exact) mass is 271 g/mol. The maximum Gasteiger partial charge on any atom is 0.295 e. The first kappa shape index (κ1) is 14.0. The normalized spacial score (nSPS) is 10.3. The second-order valence-electron chi connectivity index (χ2n) is 4.60. The number of hydrogen-bond acceptors (Lipinski definition) is 4. The van der Waals surface area contributed by atoms with Crippen molar-refractivity contribution in [3.63, 3.8) is 0 Å². The molecule has 0 aliphatic heterocycles. The zero-order valence-electron chi connectivity index (χ0n) is 11.8. The van der Waals surface area contributed by atoms with E-state index in [0.29, 0.717) is 11.5 Å². The summed E-state index contributed by atoms with van der Waals surface area (Å²) in [5, 5.41) is 14.3. The van der Waals surface area contributed by atoms with Gasteiger partial charge in [-0.05, 0) is 38.0 Å². The molecule has 5 heteroatoms. The van der Waals surface area contributed by atoms with Crippen LogP contribution < -0.4 is 5.32 Å². The molecule has 0 aliphatic carbocycles. The SMILES string of the molecule is CCNc1ccc([N+](=O)[O-])c(-c2cccc(C)c2C)n1. The minimum Gasteiger partial charge on any atom is -0.370 e. The van der Waals surface area contributed by atoms with Crippen molar-refractivity contribution in [1.29, 1.82) is 0 Å². The Morgan fingerprint density at radius 3 is 2.65 bits per heavy atom. The second kappa shape index (κ2) is 5.69. The number of benzene rings is 1. The van der Waals surface area contributed by atoms with Crippen LogP contribution in [0.1, 0.15) is 18.1 Å². The number of nitro groups is 1. The van der Waals surface area contributed by atoms with Crippen molar-refractivity contribution in [1.82, 2.24) is 4.98 Å². The van der Waals surface area contributed by atoms with Crippen molar-refractivity contribution < 1.29 is 4.92 Å². The highest BCUT2D eigenvalue weighted by atomic mass is 16.6. The first-order valence-corrected chi connectivity index (χ1v) is 6.50. The number of nitrogens with one attached hydrogen (secondary N) is 1. The fraction of sp³-hybridized carbons (Fsp3) is 0.267. The number of anilines is 1. The Hall–Kier alpha value is -2.43. The van der Waals surface area contributed by atoms with Crippen LogP contribution in [0.5, 0.6) is 0 Å². The van der Waals surface area contributed by atoms with Gasteiger partial charge in [0.15, 0.2) is 5.69 Å². The Labute approximate surface area is 117 Å². The molecule has 0 fully saturated rings. The van der Waals surface area contributed by atoms with Crippen LogP contribution in [0, 0.1) is 24.0 Å². The number of aromatic nitrogens is 1. The zero-order valence-corrected chi connectivity index (χ0v) is 11.8. The van der Waals surface area contributed by atoms with Crippen molar-refractivity contribution in [2.24, 2.45) is 0 Å². The summed E-state index contributed by atoms with van der Waals surface area (Å²) in [5.74, 6) is 0.647. The highest BCUT2D eigenvalue weighted by Crippen LogP contribution is 2.32. The first-order chi connectivity index (χ1) is 9.54. The van der Waals surface area contributed by atoms with Gasteiger partial charge in [-0.3, -0.25) is 10.1 Å². The van der Waals surface area contributed by atoms with E-state index in [-0.39, 0.29) is 10.6 Å². The maximum atomic E-state index is 11.2. The van der Waals surface area contributed by atoms with Crippen molar-refractivity contribution in [2.75, 3.05) is 11.9 Å². The van der Waals surface area contributed by atoms with Gasteiger partial charge >= 0.3 is 0 Å². The van der Waals surface area contributed by atoms with E-state index in [0.717, 1.165) is 23.2 Å². The molecule has 20 heavy (non-hydrogen) atoms. The maximum absolute atomic E-state index is 11.2. The van der Waals surface area contributed by atoms with E-state index in [1.54, 1.807) is 6.07 Å². The van der Waals surface area contributed by atoms with Gasteiger partial charge < -0.3 is 5.32 Å². The molecule has 104 valence electrons. The molecule has 0 bridgehead atoms. The van der Waals surface area contributed by atoms with Gasteiger partial charge in [0.05, 0.1) is 4.92 Å². The van der Waals surface area contributed by atoms with E-state index in [4.69, 9.17) is 0 Å². The van der Waals surface area contributed by atoms with Crippen molar-refractivity contribution >= 4 is 11.5 Å². The summed E-state index contributed by atoms with van der Waals surface area (Å²) in [7, 11) is 0. The van der Waals surface area contributed by atoms with Gasteiger partial charge in [-0.1, -0.05) is 18.2 Å². The second-order valence-corrected chi connectivity index (χ2v) is 4.60. The topological polar surface area (TPSA) is 68.1 Å². The molecule has 1 heterocycles. The van der Waals surface area contributed by atoms with Gasteiger partial charge in [0.1, 0.15) is 5.82 Å². The standard InChI is InChI=1S/C15H17N3O2/c1-4-16-14-9-8-13(18(19)20)15(17-14)12-7-5-6-10(2)11(12)3/h5-9H,4H2,1-3H3,(H,16,17). The summed E-state index contributed by atoms with van der Waals surface area (Å²) in [5.41, 5.74) is 3.34. The van der Waals surface area contributed by atoms with E-state index in [1.807, 2.05) is 39.0 Å². The van der Waals surface area contributed by atoms with Gasteiger partial charge in [0.2, 0.25) is 0 Å². The van der Waals surface area contributed by atoms with E-state index in [9.17, 15) is 10.1 Å². The molecule has 2 rings (SSSR count). The minimum absolute atomic E-state index is 0.0281. The summed E-state index contributed by atoms with van der Waals surface area (Å²) in [4.78, 5) is 15.2. The Kier molecular flexibility index (Phi) is 3.98. The third-order valence-electron chi connectivity index (χ3n) is 3.29. The fourth-order valence-electron chi connectivity index (χ4n) is 2.08. The van der Waals surface area contributed by atoms with Gasteiger partial charge in [-0.15, -0.1) is 0 Å². The molecule has 0 unspecified atom stereocenters. The molecular formula is C15H17N3O2. The van der Waals surface area contributed by atoms with Crippen molar-refractivity contribution in [3.8, 4) is 11.3 Å². The number of pyridine rings is 1. The summed E-state index contributed by atoms with van der Waals surface area (Å²) >= 11 is 0. The molecule has 0 radical (unpaired) electrons. The average molecular weight is 271 g/mol. The lowest BCUT2D eigenvalue weighted by molar-refractivity contribution is -0.384. The van der Waals surface area contributed by atoms with Gasteiger partial charge in [0.25, 0.3) is 5.69 Å². The van der Waals surface area contributed by atoms with Crippen LogP contribution in [0.3, 0.4) is 0 Å². The molecular weight excluding hydrogens is 254 g/mol. The van der Waals surface area contributed by atoms with Gasteiger partial charge in [-0.2, -0.15) is 0 Å². The molecule has 1 aromatic carbocycles. The van der Waals surface area contributed by atoms with E-state index in [2.05, 4.69) is 10.3 Å². The summed E-state index contributed by atoms with van der Waals surface area (Å²) < 4.78 is 0. The smallest absolute Gasteiger partial charge is 0.295 e. The van der Waals surface area contributed by atoms with Gasteiger partial charge in [-0.25, -0.2) is 4.98 Å². The molecule has 2 aromatic rings. The molecule has 0 saturated carbocycles. The van der Waals surface area contributed by atoms with Crippen LogP contribution in [0.15, 0.2) is 30.3 Å². The largest absolute Gasteiger partial charge is 0.370 e. The van der Waals surface area contributed by atoms with E-state index >= 15 is 0 Å². The van der Waals surface area contributed by atoms with Crippen LogP contribution in [0.25, 0.3) is 11.3 Å². The fourth-order valence-corrected chi connectivity index (χ4v) is 2.08. The number of aryl methyl sites for hydroxylation is 1. The van der Waals surface area contributed by atoms with Crippen molar-refractivity contribution in [2.45, 2.75) is 20.8 Å². The summed E-state index contributed by atoms with van der Waals surface area (Å²) in [6, 6.07) is 8.88. The van der Waals surface area contributed by atoms with E-state index in [1.165, 1.54) is 6.07 Å². The highest BCUT2D eigenvalue weighted by Gasteiger charge is 2.19. The quantitative estimate of drug-likeness (QED) is 0.680. The Bertz CT molecular complexity index is 654. The minimum atomic E-state index is -0.389. The van der Waals surface area contributed by atoms with Crippen LogP contribution in [-0.2, 0) is 0 Å². The van der Waals surface area contributed by atoms with Gasteiger partial charge in [0, 0.05) is 18.2 Å². The molecule has 1 aromatic heterocycles. The lowest BCUT2D eigenvalue weighted by Crippen LogP contribution is -2.03. The molecule has 0 saturated heterocycles. The Balaban J connectivity index is 2.66. The lowest BCUT2D eigenvalue weighted by atomic mass is 9.99. The summed E-state index contributed by atoms with van der Waals surface area (Å²) in [6.07, 6.45) is 0. The molecule has 0 atom stereocenters. The van der Waals surface area contributed by atoms with Crippen LogP contribution in [0.2, 0.25) is 0 Å². The predicted molar refractivity (Wildman–Crippen MR) is 80.0 cm³/mol. The summed E-state index contributed by atoms with van der Waals surface area (Å²) in [6.45, 7) is 6.62. The Morgan fingerprint density at radius 2 is 2.00 bits per heavy atom. The van der Waals surface area contributed by atoms with E-state index < -0.39 is 0 Å². The molecule has 0 spiro atoms. The third kappa shape index (κ3) is 2.61. The van der Waals surface area contributed by atoms with Crippen LogP contribution >= 0.6 is 0 Å². The molecule has 0 aliphatic rings. The molecule has 1 N–H and O–H groups in total. The Morgan fingerprint density at radius 1 is 1.25 bits per heavy atom. The molecule has 0 amide bonds. The highest BCUT2D eigenvalue weighted by molar-refractivity contribution is 5.74. The third-order valence-corrected chi connectivity index (χ3v) is 3.29. The first-order valence-electron chi connectivity index (χ1n) is 6.50. The molecule has 5 nitrogen and oxygen atoms in total. The van der Waals surface area contributed by atoms with Crippen LogP contribution in [0.4, 0.5) is 11.5 Å². The number of hydrogen-bond donors (Lipinski definition) is 1. The number of nitrogens with zero attached hydrogens (tertiary/aromatic N) is 2.